The van der Waals surface area contributed by atoms with Crippen LogP contribution in [0.1, 0.15) is 23.1 Å². The molecular formula is C14H18N2S. The van der Waals surface area contributed by atoms with Crippen LogP contribution in [-0.2, 0) is 0 Å². The maximum Gasteiger partial charge on any atom is 0.115 e. The smallest absolute Gasteiger partial charge is 0.115 e. The first-order chi connectivity index (χ1) is 8.08. The summed E-state index contributed by atoms with van der Waals surface area (Å²) < 4.78 is 0. The van der Waals surface area contributed by atoms with Gasteiger partial charge in [0.15, 0.2) is 0 Å². The molecule has 0 aromatic heterocycles. The van der Waals surface area contributed by atoms with E-state index in [4.69, 9.17) is 5.41 Å². The molecule has 0 radical (unpaired) electrons. The van der Waals surface area contributed by atoms with E-state index < -0.39 is 0 Å². The average molecular weight is 246 g/mol. The van der Waals surface area contributed by atoms with Gasteiger partial charge in [0.1, 0.15) is 5.04 Å². The molecule has 0 saturated carbocycles. The van der Waals surface area contributed by atoms with Gasteiger partial charge in [-0.15, -0.1) is 0 Å². The second kappa shape index (κ2) is 4.96. The molecule has 1 aromatic rings. The van der Waals surface area contributed by atoms with Crippen LogP contribution < -0.4 is 5.32 Å². The van der Waals surface area contributed by atoms with Gasteiger partial charge in [0.25, 0.3) is 0 Å². The Morgan fingerprint density at radius 3 is 2.41 bits per heavy atom. The molecule has 0 atom stereocenters. The number of benzene rings is 1. The highest BCUT2D eigenvalue weighted by atomic mass is 32.2. The van der Waals surface area contributed by atoms with Gasteiger partial charge in [-0.1, -0.05) is 35.5 Å². The van der Waals surface area contributed by atoms with E-state index in [0.717, 1.165) is 18.7 Å². The number of hydrogen-bond acceptors (Lipinski definition) is 3. The quantitative estimate of drug-likeness (QED) is 0.475. The summed E-state index contributed by atoms with van der Waals surface area (Å²) in [6, 6.07) is 4.36. The van der Waals surface area contributed by atoms with Crippen molar-refractivity contribution in [1.82, 2.24) is 5.32 Å². The molecule has 2 N–H and O–H groups in total. The number of rotatable bonds is 2. The summed E-state index contributed by atoms with van der Waals surface area (Å²) in [5, 5.41) is 12.0. The molecule has 1 heterocycles. The summed E-state index contributed by atoms with van der Waals surface area (Å²) in [4.78, 5) is 1.22. The molecule has 0 unspecified atom stereocenters. The Labute approximate surface area is 107 Å². The molecular weight excluding hydrogens is 228 g/mol. The van der Waals surface area contributed by atoms with E-state index in [0.29, 0.717) is 5.04 Å². The lowest BCUT2D eigenvalue weighted by Gasteiger charge is -2.12. The van der Waals surface area contributed by atoms with Crippen LogP contribution in [0.25, 0.3) is 0 Å². The summed E-state index contributed by atoms with van der Waals surface area (Å²) in [6.07, 6.45) is 3.14. The summed E-state index contributed by atoms with van der Waals surface area (Å²) in [6.45, 7) is 7.31. The van der Waals surface area contributed by atoms with Gasteiger partial charge in [-0.05, 0) is 38.3 Å². The summed E-state index contributed by atoms with van der Waals surface area (Å²) in [5.41, 5.74) is 4.79. The van der Waals surface area contributed by atoms with Gasteiger partial charge in [-0.25, -0.2) is 0 Å². The molecule has 1 aliphatic rings. The minimum absolute atomic E-state index is 0.623. The van der Waals surface area contributed by atoms with Crippen LogP contribution in [0.2, 0.25) is 0 Å². The van der Waals surface area contributed by atoms with Crippen molar-refractivity contribution in [1.29, 1.82) is 5.41 Å². The second-order valence-electron chi connectivity index (χ2n) is 4.49. The zero-order chi connectivity index (χ0) is 12.4. The van der Waals surface area contributed by atoms with Crippen molar-refractivity contribution in [3.05, 3.63) is 40.6 Å². The van der Waals surface area contributed by atoms with Crippen LogP contribution >= 0.6 is 11.8 Å². The fourth-order valence-electron chi connectivity index (χ4n) is 2.15. The third-order valence-corrected chi connectivity index (χ3v) is 4.13. The molecule has 90 valence electrons. The van der Waals surface area contributed by atoms with Crippen LogP contribution in [0.3, 0.4) is 0 Å². The minimum Gasteiger partial charge on any atom is -0.383 e. The van der Waals surface area contributed by atoms with Gasteiger partial charge in [0.2, 0.25) is 0 Å². The second-order valence-corrected chi connectivity index (χ2v) is 5.51. The lowest BCUT2D eigenvalue weighted by atomic mass is 10.1. The van der Waals surface area contributed by atoms with Gasteiger partial charge in [0.05, 0.1) is 5.70 Å². The summed E-state index contributed by atoms with van der Waals surface area (Å²) >= 11 is 1.56. The van der Waals surface area contributed by atoms with E-state index in [1.165, 1.54) is 21.6 Å². The Bertz CT molecular complexity index is 466. The van der Waals surface area contributed by atoms with E-state index in [1.54, 1.807) is 11.8 Å². The first-order valence-electron chi connectivity index (χ1n) is 5.86. The largest absolute Gasteiger partial charge is 0.383 e. The Kier molecular flexibility index (Phi) is 3.57. The zero-order valence-corrected chi connectivity index (χ0v) is 11.4. The fraction of sp³-hybridized carbons (Fsp3) is 0.357. The summed E-state index contributed by atoms with van der Waals surface area (Å²) in [5.74, 6) is 0. The van der Waals surface area contributed by atoms with Crippen molar-refractivity contribution in [2.45, 2.75) is 32.1 Å². The molecule has 0 amide bonds. The van der Waals surface area contributed by atoms with Crippen molar-refractivity contribution in [3.8, 4) is 0 Å². The Balaban J connectivity index is 2.21. The van der Waals surface area contributed by atoms with Crippen LogP contribution in [0.15, 0.2) is 28.8 Å². The normalized spacial score (nSPS) is 14.4. The topological polar surface area (TPSA) is 35.9 Å². The molecule has 0 fully saturated rings. The van der Waals surface area contributed by atoms with Gasteiger partial charge >= 0.3 is 0 Å². The number of nitrogens with one attached hydrogen (secondary N) is 2. The van der Waals surface area contributed by atoms with Crippen LogP contribution in [0.4, 0.5) is 0 Å². The maximum absolute atomic E-state index is 8.10. The average Bonchev–Trinajstić information content (AvgIpc) is 2.76. The van der Waals surface area contributed by atoms with Crippen molar-refractivity contribution >= 4 is 16.8 Å². The SMILES string of the molecule is Cc1cc(C)c(SC(=N)C2=CCCN2)c(C)c1. The van der Waals surface area contributed by atoms with E-state index >= 15 is 0 Å². The van der Waals surface area contributed by atoms with E-state index in [-0.39, 0.29) is 0 Å². The van der Waals surface area contributed by atoms with Crippen molar-refractivity contribution in [3.63, 3.8) is 0 Å². The Morgan fingerprint density at radius 1 is 1.24 bits per heavy atom. The predicted octanol–water partition coefficient (Wildman–Crippen LogP) is 3.56. The zero-order valence-electron chi connectivity index (χ0n) is 10.6. The maximum atomic E-state index is 8.10. The molecule has 2 rings (SSSR count). The molecule has 1 aliphatic heterocycles. The van der Waals surface area contributed by atoms with E-state index in [2.05, 4.69) is 44.3 Å². The van der Waals surface area contributed by atoms with E-state index in [9.17, 15) is 0 Å². The standard InChI is InChI=1S/C14H18N2S/c1-9-7-10(2)13(11(3)8-9)17-14(15)12-5-4-6-16-12/h5,7-8,15-16H,4,6H2,1-3H3. The monoisotopic (exact) mass is 246 g/mol. The van der Waals surface area contributed by atoms with E-state index in [1.807, 2.05) is 0 Å². The van der Waals surface area contributed by atoms with Crippen LogP contribution in [0.5, 0.6) is 0 Å². The molecule has 3 heteroatoms. The minimum atomic E-state index is 0.623. The lowest BCUT2D eigenvalue weighted by Crippen LogP contribution is -2.13. The molecule has 0 spiro atoms. The molecule has 0 saturated heterocycles. The molecule has 0 bridgehead atoms. The molecule has 1 aromatic carbocycles. The Morgan fingerprint density at radius 2 is 1.88 bits per heavy atom. The van der Waals surface area contributed by atoms with Crippen LogP contribution in [-0.4, -0.2) is 11.6 Å². The molecule has 17 heavy (non-hydrogen) atoms. The van der Waals surface area contributed by atoms with Gasteiger partial charge in [-0.2, -0.15) is 0 Å². The van der Waals surface area contributed by atoms with Gasteiger partial charge in [0, 0.05) is 11.4 Å². The number of hydrogen-bond donors (Lipinski definition) is 2. The van der Waals surface area contributed by atoms with Crippen molar-refractivity contribution in [2.75, 3.05) is 6.54 Å². The molecule has 0 aliphatic carbocycles. The third kappa shape index (κ3) is 2.72. The first kappa shape index (κ1) is 12.2. The van der Waals surface area contributed by atoms with Crippen LogP contribution in [0, 0.1) is 26.2 Å². The fourth-order valence-corrected chi connectivity index (χ4v) is 3.06. The highest BCUT2D eigenvalue weighted by Gasteiger charge is 2.13. The van der Waals surface area contributed by atoms with Gasteiger partial charge in [-0.3, -0.25) is 5.41 Å². The number of aryl methyl sites for hydroxylation is 3. The Hall–Kier alpha value is -1.22. The third-order valence-electron chi connectivity index (χ3n) is 2.86. The highest BCUT2D eigenvalue weighted by molar-refractivity contribution is 8.14. The van der Waals surface area contributed by atoms with Crippen molar-refractivity contribution < 1.29 is 0 Å². The first-order valence-corrected chi connectivity index (χ1v) is 6.68. The highest BCUT2D eigenvalue weighted by Crippen LogP contribution is 2.30. The lowest BCUT2D eigenvalue weighted by molar-refractivity contribution is 0.900. The van der Waals surface area contributed by atoms with Crippen molar-refractivity contribution in [2.24, 2.45) is 0 Å². The predicted molar refractivity (Wildman–Crippen MR) is 74.9 cm³/mol. The number of thioether (sulfide) groups is 1. The van der Waals surface area contributed by atoms with Gasteiger partial charge < -0.3 is 5.32 Å². The summed E-state index contributed by atoms with van der Waals surface area (Å²) in [7, 11) is 0. The molecule has 2 nitrogen and oxygen atoms in total.